The summed E-state index contributed by atoms with van der Waals surface area (Å²) in [7, 11) is 1.91. The molecule has 8 heteroatoms. The molecule has 0 bridgehead atoms. The Kier molecular flexibility index (Phi) is 5.42. The van der Waals surface area contributed by atoms with E-state index in [9.17, 15) is 4.79 Å². The Morgan fingerprint density at radius 3 is 2.43 bits per heavy atom. The van der Waals surface area contributed by atoms with Gasteiger partial charge in [0.1, 0.15) is 17.1 Å². The highest BCUT2D eigenvalue weighted by atomic mass is 16.6. The molecule has 8 nitrogen and oxygen atoms in total. The van der Waals surface area contributed by atoms with Crippen molar-refractivity contribution >= 4 is 11.9 Å². The van der Waals surface area contributed by atoms with Crippen LogP contribution in [0, 0.1) is 24.7 Å². The van der Waals surface area contributed by atoms with E-state index in [0.717, 1.165) is 55.2 Å². The van der Waals surface area contributed by atoms with Gasteiger partial charge in [-0.05, 0) is 76.0 Å². The molecule has 1 N–H and O–H groups in total. The Morgan fingerprint density at radius 2 is 1.90 bits per heavy atom. The molecule has 30 heavy (non-hydrogen) atoms. The highest BCUT2D eigenvalue weighted by Crippen LogP contribution is 2.41. The largest absolute Gasteiger partial charge is 0.444 e. The molecule has 1 amide bonds. The van der Waals surface area contributed by atoms with E-state index in [-0.39, 0.29) is 6.09 Å². The molecular weight excluding hydrogens is 380 g/mol. The van der Waals surface area contributed by atoms with Gasteiger partial charge in [0.2, 0.25) is 0 Å². The number of aromatic nitrogens is 4. The maximum atomic E-state index is 12.3. The first-order chi connectivity index (χ1) is 14.2. The smallest absolute Gasteiger partial charge is 0.410 e. The molecule has 1 aliphatic carbocycles. The van der Waals surface area contributed by atoms with E-state index in [1.54, 1.807) is 0 Å². The van der Waals surface area contributed by atoms with E-state index in [4.69, 9.17) is 4.74 Å². The van der Waals surface area contributed by atoms with Gasteiger partial charge in [-0.1, -0.05) is 0 Å². The zero-order valence-corrected chi connectivity index (χ0v) is 18.6. The van der Waals surface area contributed by atoms with Crippen LogP contribution in [0.1, 0.15) is 39.2 Å². The molecule has 1 unspecified atom stereocenters. The minimum Gasteiger partial charge on any atom is -0.444 e. The SMILES string of the molecule is Cc1cnn(C)c1-c1ccc(NCC2C[C@@H]3CN(C(=O)OC(C)(C)C)C[C@@H]3C2)nn1. The van der Waals surface area contributed by atoms with Crippen LogP contribution < -0.4 is 5.32 Å². The second-order valence-electron chi connectivity index (χ2n) is 9.73. The minimum absolute atomic E-state index is 0.175. The van der Waals surface area contributed by atoms with Gasteiger partial charge in [-0.3, -0.25) is 4.68 Å². The number of carbonyl (C=O) groups is 1. The number of ether oxygens (including phenoxy) is 1. The summed E-state index contributed by atoms with van der Waals surface area (Å²) in [5, 5.41) is 16.4. The summed E-state index contributed by atoms with van der Waals surface area (Å²) < 4.78 is 7.35. The van der Waals surface area contributed by atoms with Gasteiger partial charge in [0.15, 0.2) is 0 Å². The number of nitrogens with one attached hydrogen (secondary N) is 1. The molecule has 0 radical (unpaired) electrons. The molecule has 1 saturated heterocycles. The Morgan fingerprint density at radius 1 is 1.20 bits per heavy atom. The third-order valence-corrected chi connectivity index (χ3v) is 6.10. The van der Waals surface area contributed by atoms with Gasteiger partial charge >= 0.3 is 6.09 Å². The monoisotopic (exact) mass is 412 g/mol. The Hall–Kier alpha value is -2.64. The zero-order chi connectivity index (χ0) is 21.5. The molecule has 3 atom stereocenters. The molecule has 162 valence electrons. The lowest BCUT2D eigenvalue weighted by Crippen LogP contribution is -2.36. The molecule has 2 aliphatic rings. The lowest BCUT2D eigenvalue weighted by atomic mass is 10.0. The first kappa shape index (κ1) is 20.6. The predicted molar refractivity (Wildman–Crippen MR) is 115 cm³/mol. The van der Waals surface area contributed by atoms with Crippen LogP contribution >= 0.6 is 0 Å². The number of anilines is 1. The van der Waals surface area contributed by atoms with E-state index in [1.165, 1.54) is 0 Å². The molecular formula is C22H32N6O2. The van der Waals surface area contributed by atoms with Gasteiger partial charge in [0, 0.05) is 26.7 Å². The summed E-state index contributed by atoms with van der Waals surface area (Å²) in [5.74, 6) is 2.55. The van der Waals surface area contributed by atoms with Crippen LogP contribution in [0.4, 0.5) is 10.6 Å². The number of fused-ring (bicyclic) bond motifs is 1. The van der Waals surface area contributed by atoms with Crippen molar-refractivity contribution in [2.45, 2.75) is 46.1 Å². The summed E-state index contributed by atoms with van der Waals surface area (Å²) in [6.45, 7) is 10.3. The number of carbonyl (C=O) groups excluding carboxylic acids is 1. The molecule has 0 aromatic carbocycles. The van der Waals surface area contributed by atoms with Crippen molar-refractivity contribution in [1.29, 1.82) is 0 Å². The van der Waals surface area contributed by atoms with Crippen molar-refractivity contribution in [3.8, 4) is 11.4 Å². The number of hydrogen-bond acceptors (Lipinski definition) is 6. The minimum atomic E-state index is -0.437. The molecule has 2 aromatic heterocycles. The molecule has 0 spiro atoms. The van der Waals surface area contributed by atoms with Crippen molar-refractivity contribution < 1.29 is 9.53 Å². The second-order valence-corrected chi connectivity index (χ2v) is 9.73. The summed E-state index contributed by atoms with van der Waals surface area (Å²) in [6, 6.07) is 3.97. The van der Waals surface area contributed by atoms with Crippen LogP contribution in [0.3, 0.4) is 0 Å². The van der Waals surface area contributed by atoms with Crippen molar-refractivity contribution in [2.24, 2.45) is 24.8 Å². The van der Waals surface area contributed by atoms with E-state index in [2.05, 4.69) is 20.6 Å². The number of aryl methyl sites for hydroxylation is 2. The summed E-state index contributed by atoms with van der Waals surface area (Å²) in [4.78, 5) is 14.2. The summed E-state index contributed by atoms with van der Waals surface area (Å²) >= 11 is 0. The predicted octanol–water partition coefficient (Wildman–Crippen LogP) is 3.49. The van der Waals surface area contributed by atoms with E-state index < -0.39 is 5.60 Å². The van der Waals surface area contributed by atoms with E-state index >= 15 is 0 Å². The average Bonchev–Trinajstić information content (AvgIpc) is 3.32. The van der Waals surface area contributed by atoms with Gasteiger partial charge in [0.25, 0.3) is 0 Å². The third-order valence-electron chi connectivity index (χ3n) is 6.10. The first-order valence-electron chi connectivity index (χ1n) is 10.7. The fourth-order valence-corrected chi connectivity index (χ4v) is 4.78. The molecule has 2 aromatic rings. The zero-order valence-electron chi connectivity index (χ0n) is 18.6. The summed E-state index contributed by atoms with van der Waals surface area (Å²) in [6.07, 6.45) is 3.93. The molecule has 1 saturated carbocycles. The van der Waals surface area contributed by atoms with Crippen molar-refractivity contribution in [1.82, 2.24) is 24.9 Å². The average molecular weight is 413 g/mol. The van der Waals surface area contributed by atoms with Gasteiger partial charge < -0.3 is 15.0 Å². The van der Waals surface area contributed by atoms with E-state index in [1.807, 2.05) is 62.7 Å². The molecule has 1 aliphatic heterocycles. The number of amides is 1. The lowest BCUT2D eigenvalue weighted by molar-refractivity contribution is 0.0278. The van der Waals surface area contributed by atoms with Gasteiger partial charge in [0.05, 0.1) is 11.9 Å². The first-order valence-corrected chi connectivity index (χ1v) is 10.7. The van der Waals surface area contributed by atoms with Crippen molar-refractivity contribution in [2.75, 3.05) is 25.0 Å². The summed E-state index contributed by atoms with van der Waals surface area (Å²) in [5.41, 5.74) is 2.47. The molecule has 4 rings (SSSR count). The van der Waals surface area contributed by atoms with Crippen LogP contribution in [0.5, 0.6) is 0 Å². The molecule has 2 fully saturated rings. The third kappa shape index (κ3) is 4.42. The maximum Gasteiger partial charge on any atom is 0.410 e. The van der Waals surface area contributed by atoms with E-state index in [0.29, 0.717) is 17.8 Å². The highest BCUT2D eigenvalue weighted by molar-refractivity contribution is 5.68. The number of likely N-dealkylation sites (tertiary alicyclic amines) is 1. The van der Waals surface area contributed by atoms with Crippen LogP contribution in [0.15, 0.2) is 18.3 Å². The lowest BCUT2D eigenvalue weighted by Gasteiger charge is -2.25. The quantitative estimate of drug-likeness (QED) is 0.827. The van der Waals surface area contributed by atoms with Crippen LogP contribution in [0.25, 0.3) is 11.4 Å². The van der Waals surface area contributed by atoms with Crippen LogP contribution in [-0.2, 0) is 11.8 Å². The normalized spacial score (nSPS) is 23.5. The van der Waals surface area contributed by atoms with Crippen LogP contribution in [0.2, 0.25) is 0 Å². The fraction of sp³-hybridized carbons (Fsp3) is 0.636. The number of hydrogen-bond donors (Lipinski definition) is 1. The topological polar surface area (TPSA) is 85.2 Å². The van der Waals surface area contributed by atoms with Crippen molar-refractivity contribution in [3.05, 3.63) is 23.9 Å². The second kappa shape index (κ2) is 7.89. The van der Waals surface area contributed by atoms with Gasteiger partial charge in [-0.25, -0.2) is 4.79 Å². The van der Waals surface area contributed by atoms with Crippen molar-refractivity contribution in [3.63, 3.8) is 0 Å². The van der Waals surface area contributed by atoms with Gasteiger partial charge in [-0.2, -0.15) is 5.10 Å². The fourth-order valence-electron chi connectivity index (χ4n) is 4.78. The van der Waals surface area contributed by atoms with Gasteiger partial charge in [-0.15, -0.1) is 10.2 Å². The molecule has 3 heterocycles. The Labute approximate surface area is 178 Å². The number of rotatable bonds is 4. The Balaban J connectivity index is 1.26. The highest BCUT2D eigenvalue weighted by Gasteiger charge is 2.43. The maximum absolute atomic E-state index is 12.3. The Bertz CT molecular complexity index is 868. The number of nitrogens with zero attached hydrogens (tertiary/aromatic N) is 5. The van der Waals surface area contributed by atoms with Crippen LogP contribution in [-0.4, -0.2) is 56.2 Å². The standard InChI is InChI=1S/C22H32N6O2/c1-14-10-24-27(5)20(14)18-6-7-19(26-25-18)23-11-15-8-16-12-28(13-17(16)9-15)21(29)30-22(2,3)4/h6-7,10,15-17H,8-9,11-13H2,1-5H3,(H,23,26)/t15?,16-,17+.